The highest BCUT2D eigenvalue weighted by Gasteiger charge is 2.40. The quantitative estimate of drug-likeness (QED) is 0.696. The molecule has 4 heteroatoms. The first-order valence-corrected chi connectivity index (χ1v) is 4.61. The molecule has 1 aliphatic rings. The molecule has 0 aliphatic carbocycles. The van der Waals surface area contributed by atoms with Crippen LogP contribution in [-0.2, 0) is 15.1 Å². The van der Waals surface area contributed by atoms with E-state index in [0.717, 1.165) is 0 Å². The van der Waals surface area contributed by atoms with Crippen molar-refractivity contribution in [2.24, 2.45) is 0 Å². The Kier molecular flexibility index (Phi) is 2.44. The normalized spacial score (nSPS) is 18.0. The van der Waals surface area contributed by atoms with E-state index in [2.05, 4.69) is 4.74 Å². The van der Waals surface area contributed by atoms with Crippen molar-refractivity contribution < 1.29 is 18.7 Å². The fourth-order valence-electron chi connectivity index (χ4n) is 1.49. The van der Waals surface area contributed by atoms with Gasteiger partial charge in [-0.3, -0.25) is 0 Å². The van der Waals surface area contributed by atoms with Crippen LogP contribution >= 0.6 is 0 Å². The van der Waals surface area contributed by atoms with E-state index >= 15 is 0 Å². The van der Waals surface area contributed by atoms with E-state index in [1.165, 1.54) is 13.2 Å². The largest absolute Gasteiger partial charge is 0.465 e. The minimum Gasteiger partial charge on any atom is -0.465 e. The predicted octanol–water partition coefficient (Wildman–Crippen LogP) is 1.67. The van der Waals surface area contributed by atoms with Crippen molar-refractivity contribution in [3.63, 3.8) is 0 Å². The number of alkyl halides is 1. The lowest BCUT2D eigenvalue weighted by Gasteiger charge is -2.34. The Morgan fingerprint density at radius 2 is 2.27 bits per heavy atom. The first kappa shape index (κ1) is 10.1. The van der Waals surface area contributed by atoms with Gasteiger partial charge in [0, 0.05) is 0 Å². The van der Waals surface area contributed by atoms with Crippen LogP contribution in [0.5, 0.6) is 0 Å². The molecule has 1 fully saturated rings. The fourth-order valence-corrected chi connectivity index (χ4v) is 1.49. The maximum atomic E-state index is 13.9. The van der Waals surface area contributed by atoms with Gasteiger partial charge in [0.2, 0.25) is 0 Å². The Labute approximate surface area is 86.8 Å². The number of hydrogen-bond donors (Lipinski definition) is 0. The number of hydrogen-bond acceptors (Lipinski definition) is 3. The molecule has 0 radical (unpaired) electrons. The third kappa shape index (κ3) is 1.72. The fraction of sp³-hybridized carbons (Fsp3) is 0.364. The van der Waals surface area contributed by atoms with Gasteiger partial charge in [0.25, 0.3) is 0 Å². The molecule has 1 aromatic carbocycles. The summed E-state index contributed by atoms with van der Waals surface area (Å²) in [5.41, 5.74) is -0.611. The van der Waals surface area contributed by atoms with Crippen molar-refractivity contribution >= 4 is 5.97 Å². The predicted molar refractivity (Wildman–Crippen MR) is 51.4 cm³/mol. The summed E-state index contributed by atoms with van der Waals surface area (Å²) in [6.07, 6.45) is 0. The molecule has 15 heavy (non-hydrogen) atoms. The zero-order valence-electron chi connectivity index (χ0n) is 8.33. The van der Waals surface area contributed by atoms with E-state index in [4.69, 9.17) is 4.74 Å². The van der Waals surface area contributed by atoms with Crippen LogP contribution in [0.1, 0.15) is 15.9 Å². The number of carbonyl (C=O) groups is 1. The number of ether oxygens (including phenoxy) is 2. The number of halogens is 1. The van der Waals surface area contributed by atoms with Crippen LogP contribution in [0.2, 0.25) is 0 Å². The Morgan fingerprint density at radius 3 is 2.80 bits per heavy atom. The minimum absolute atomic E-state index is 0.0532. The summed E-state index contributed by atoms with van der Waals surface area (Å²) in [6.45, 7) is 0.106. The van der Waals surface area contributed by atoms with Crippen molar-refractivity contribution in [2.45, 2.75) is 5.67 Å². The Bertz CT molecular complexity index is 385. The number of esters is 1. The number of methoxy groups -OCH3 is 1. The summed E-state index contributed by atoms with van der Waals surface area (Å²) in [7, 11) is 1.30. The molecule has 0 saturated carbocycles. The molecule has 0 N–H and O–H groups in total. The highest BCUT2D eigenvalue weighted by molar-refractivity contribution is 5.89. The molecular formula is C11H11FO3. The van der Waals surface area contributed by atoms with Crippen LogP contribution in [0.3, 0.4) is 0 Å². The molecule has 1 saturated heterocycles. The van der Waals surface area contributed by atoms with Gasteiger partial charge in [0.05, 0.1) is 25.9 Å². The monoisotopic (exact) mass is 210 g/mol. The molecule has 2 rings (SSSR count). The van der Waals surface area contributed by atoms with E-state index in [1.54, 1.807) is 18.2 Å². The summed E-state index contributed by atoms with van der Waals surface area (Å²) >= 11 is 0. The molecule has 1 heterocycles. The van der Waals surface area contributed by atoms with Crippen LogP contribution in [0, 0.1) is 0 Å². The standard InChI is InChI=1S/C11H11FO3/c1-14-10(13)8-3-2-4-9(5-8)11(12)6-15-7-11/h2-5H,6-7H2,1H3. The summed E-state index contributed by atoms with van der Waals surface area (Å²) in [5, 5.41) is 0. The molecule has 0 unspecified atom stereocenters. The second-order valence-electron chi connectivity index (χ2n) is 3.53. The van der Waals surface area contributed by atoms with E-state index in [0.29, 0.717) is 11.1 Å². The Balaban J connectivity index is 2.30. The summed E-state index contributed by atoms with van der Waals surface area (Å²) < 4.78 is 23.3. The SMILES string of the molecule is COC(=O)c1cccc(C2(F)COC2)c1. The molecule has 80 valence electrons. The first-order valence-electron chi connectivity index (χ1n) is 4.61. The van der Waals surface area contributed by atoms with Gasteiger partial charge >= 0.3 is 5.97 Å². The van der Waals surface area contributed by atoms with Gasteiger partial charge < -0.3 is 9.47 Å². The number of carbonyl (C=O) groups excluding carboxylic acids is 1. The van der Waals surface area contributed by atoms with Gasteiger partial charge in [-0.1, -0.05) is 12.1 Å². The van der Waals surface area contributed by atoms with E-state index in [9.17, 15) is 9.18 Å². The molecule has 0 aromatic heterocycles. The number of rotatable bonds is 2. The van der Waals surface area contributed by atoms with Gasteiger partial charge in [0.15, 0.2) is 5.67 Å². The van der Waals surface area contributed by atoms with Crippen LogP contribution in [-0.4, -0.2) is 26.3 Å². The zero-order valence-corrected chi connectivity index (χ0v) is 8.33. The van der Waals surface area contributed by atoms with Crippen LogP contribution in [0.15, 0.2) is 24.3 Å². The average Bonchev–Trinajstić information content (AvgIpc) is 2.25. The molecule has 0 bridgehead atoms. The lowest BCUT2D eigenvalue weighted by Crippen LogP contribution is -2.42. The second-order valence-corrected chi connectivity index (χ2v) is 3.53. The maximum absolute atomic E-state index is 13.9. The van der Waals surface area contributed by atoms with Gasteiger partial charge in [-0.25, -0.2) is 9.18 Å². The van der Waals surface area contributed by atoms with Crippen molar-refractivity contribution in [1.29, 1.82) is 0 Å². The molecule has 0 amide bonds. The van der Waals surface area contributed by atoms with E-state index in [1.807, 2.05) is 0 Å². The maximum Gasteiger partial charge on any atom is 0.337 e. The Morgan fingerprint density at radius 1 is 1.53 bits per heavy atom. The number of benzene rings is 1. The molecule has 1 aromatic rings. The smallest absolute Gasteiger partial charge is 0.337 e. The highest BCUT2D eigenvalue weighted by atomic mass is 19.1. The van der Waals surface area contributed by atoms with E-state index < -0.39 is 11.6 Å². The van der Waals surface area contributed by atoms with Crippen molar-refractivity contribution in [2.75, 3.05) is 20.3 Å². The van der Waals surface area contributed by atoms with Gasteiger partial charge in [-0.2, -0.15) is 0 Å². The molecule has 0 atom stereocenters. The van der Waals surface area contributed by atoms with Crippen LogP contribution in [0.25, 0.3) is 0 Å². The highest BCUT2D eigenvalue weighted by Crippen LogP contribution is 2.34. The van der Waals surface area contributed by atoms with E-state index in [-0.39, 0.29) is 13.2 Å². The van der Waals surface area contributed by atoms with Crippen molar-refractivity contribution in [1.82, 2.24) is 0 Å². The average molecular weight is 210 g/mol. The van der Waals surface area contributed by atoms with Crippen molar-refractivity contribution in [3.8, 4) is 0 Å². The summed E-state index contributed by atoms with van der Waals surface area (Å²) in [6, 6.07) is 6.39. The third-order valence-electron chi connectivity index (χ3n) is 2.46. The van der Waals surface area contributed by atoms with Gasteiger partial charge in [0.1, 0.15) is 0 Å². The zero-order chi connectivity index (χ0) is 10.9. The van der Waals surface area contributed by atoms with Crippen LogP contribution < -0.4 is 0 Å². The molecule has 3 nitrogen and oxygen atoms in total. The third-order valence-corrected chi connectivity index (χ3v) is 2.46. The minimum atomic E-state index is -1.44. The second kappa shape index (κ2) is 3.62. The topological polar surface area (TPSA) is 35.5 Å². The molecule has 1 aliphatic heterocycles. The van der Waals surface area contributed by atoms with Gasteiger partial charge in [-0.05, 0) is 17.7 Å². The van der Waals surface area contributed by atoms with Crippen LogP contribution in [0.4, 0.5) is 4.39 Å². The first-order chi connectivity index (χ1) is 7.15. The lowest BCUT2D eigenvalue weighted by molar-refractivity contribution is -0.135. The Hall–Kier alpha value is -1.42. The van der Waals surface area contributed by atoms with Gasteiger partial charge in [-0.15, -0.1) is 0 Å². The summed E-state index contributed by atoms with van der Waals surface area (Å²) in [4.78, 5) is 11.2. The molecule has 0 spiro atoms. The van der Waals surface area contributed by atoms with Crippen molar-refractivity contribution in [3.05, 3.63) is 35.4 Å². The summed E-state index contributed by atoms with van der Waals surface area (Å²) in [5.74, 6) is -0.458. The lowest BCUT2D eigenvalue weighted by atomic mass is 9.93. The molecular weight excluding hydrogens is 199 g/mol.